The Bertz CT molecular complexity index is 1070. The molecule has 0 heterocycles. The highest BCUT2D eigenvalue weighted by molar-refractivity contribution is 8.13. The fourth-order valence-corrected chi connectivity index (χ4v) is 6.24. The molecule has 0 spiro atoms. The molecule has 0 fully saturated rings. The van der Waals surface area contributed by atoms with E-state index in [-0.39, 0.29) is 17.2 Å². The molecule has 51 heavy (non-hydrogen) atoms. The Morgan fingerprint density at radius 1 is 0.686 bits per heavy atom. The van der Waals surface area contributed by atoms with Gasteiger partial charge in [0, 0.05) is 38.2 Å². The van der Waals surface area contributed by atoms with E-state index in [1.54, 1.807) is 0 Å². The molecular formula is C43H72N2O5S. The van der Waals surface area contributed by atoms with Crippen LogP contribution in [0.15, 0.2) is 61.7 Å². The molecule has 1 rings (SSSR count). The summed E-state index contributed by atoms with van der Waals surface area (Å²) in [7, 11) is 4.03. The van der Waals surface area contributed by atoms with Crippen molar-refractivity contribution in [1.82, 2.24) is 9.80 Å². The summed E-state index contributed by atoms with van der Waals surface area (Å²) in [5.41, 5.74) is 2.15. The van der Waals surface area contributed by atoms with Crippen molar-refractivity contribution in [2.24, 2.45) is 0 Å². The van der Waals surface area contributed by atoms with Crippen LogP contribution in [0.3, 0.4) is 0 Å². The van der Waals surface area contributed by atoms with Gasteiger partial charge in [-0.3, -0.25) is 14.4 Å². The summed E-state index contributed by atoms with van der Waals surface area (Å²) >= 11 is 1.38. The van der Waals surface area contributed by atoms with Crippen LogP contribution >= 0.6 is 11.8 Å². The fourth-order valence-electron chi connectivity index (χ4n) is 5.27. The third-order valence-electron chi connectivity index (χ3n) is 8.28. The van der Waals surface area contributed by atoms with Gasteiger partial charge in [-0.25, -0.2) is 0 Å². The summed E-state index contributed by atoms with van der Waals surface area (Å²) in [4.78, 5) is 41.6. The lowest BCUT2D eigenvalue weighted by molar-refractivity contribution is -0.143. The van der Waals surface area contributed by atoms with E-state index in [1.807, 2.05) is 43.3 Å². The number of hydrogen-bond acceptors (Lipinski definition) is 7. The van der Waals surface area contributed by atoms with Gasteiger partial charge in [-0.1, -0.05) is 132 Å². The minimum atomic E-state index is -0.187. The van der Waals surface area contributed by atoms with E-state index in [0.717, 1.165) is 68.4 Å². The van der Waals surface area contributed by atoms with Crippen molar-refractivity contribution in [1.29, 1.82) is 0 Å². The van der Waals surface area contributed by atoms with Crippen molar-refractivity contribution < 1.29 is 23.9 Å². The summed E-state index contributed by atoms with van der Waals surface area (Å²) in [5, 5.41) is 0.104. The maximum Gasteiger partial charge on any atom is 0.306 e. The second-order valence-corrected chi connectivity index (χ2v) is 14.2. The minimum absolute atomic E-state index is 0.104. The first kappa shape index (κ1) is 48.2. The van der Waals surface area contributed by atoms with Crippen LogP contribution in [0.25, 0.3) is 0 Å². The van der Waals surface area contributed by atoms with Gasteiger partial charge in [0.2, 0.25) is 0 Å². The quantitative estimate of drug-likeness (QED) is 0.0443. The highest BCUT2D eigenvalue weighted by Crippen LogP contribution is 2.17. The number of aryl methyl sites for hydroxylation is 1. The molecule has 0 saturated heterocycles. The molecule has 1 amide bonds. The van der Waals surface area contributed by atoms with Crippen LogP contribution in [0, 0.1) is 0 Å². The third-order valence-corrected chi connectivity index (χ3v) is 9.17. The molecule has 0 bridgehead atoms. The Morgan fingerprint density at radius 3 is 1.84 bits per heavy atom. The Kier molecular flexibility index (Phi) is 33.6. The molecule has 0 atom stereocenters. The smallest absolute Gasteiger partial charge is 0.306 e. The summed E-state index contributed by atoms with van der Waals surface area (Å²) in [6, 6.07) is 8.21. The van der Waals surface area contributed by atoms with Crippen LogP contribution in [0.5, 0.6) is 0 Å². The molecule has 1 aromatic carbocycles. The van der Waals surface area contributed by atoms with Crippen molar-refractivity contribution in [3.8, 4) is 0 Å². The molecule has 8 heteroatoms. The molecule has 0 aliphatic heterocycles. The first-order valence-corrected chi connectivity index (χ1v) is 20.6. The topological polar surface area (TPSA) is 76.1 Å². The number of hydrogen-bond donors (Lipinski definition) is 0. The molecule has 0 N–H and O–H groups in total. The number of benzene rings is 1. The number of allylic oxidation sites excluding steroid dienone is 2. The number of rotatable bonds is 30. The maximum atomic E-state index is 13.2. The van der Waals surface area contributed by atoms with Gasteiger partial charge in [0.25, 0.3) is 5.24 Å². The Labute approximate surface area is 316 Å². The predicted molar refractivity (Wildman–Crippen MR) is 218 cm³/mol. The van der Waals surface area contributed by atoms with E-state index < -0.39 is 0 Å². The zero-order valence-electron chi connectivity index (χ0n) is 32.8. The number of amides is 1. The number of carbonyl (C=O) groups excluding carboxylic acids is 3. The molecular weight excluding hydrogens is 657 g/mol. The van der Waals surface area contributed by atoms with Crippen LogP contribution < -0.4 is 0 Å². The van der Waals surface area contributed by atoms with Gasteiger partial charge in [0.15, 0.2) is 0 Å². The van der Waals surface area contributed by atoms with Crippen LogP contribution in [0.1, 0.15) is 134 Å². The first-order valence-electron chi connectivity index (χ1n) is 19.6. The van der Waals surface area contributed by atoms with Gasteiger partial charge in [0.05, 0.1) is 0 Å². The predicted octanol–water partition coefficient (Wildman–Crippen LogP) is 11.1. The lowest BCUT2D eigenvalue weighted by Gasteiger charge is -2.23. The molecule has 0 aliphatic carbocycles. The summed E-state index contributed by atoms with van der Waals surface area (Å²) in [6.07, 6.45) is 26.3. The van der Waals surface area contributed by atoms with Crippen LogP contribution in [0.2, 0.25) is 0 Å². The highest BCUT2D eigenvalue weighted by atomic mass is 32.2. The zero-order valence-corrected chi connectivity index (χ0v) is 33.7. The van der Waals surface area contributed by atoms with Crippen LogP contribution in [0.4, 0.5) is 4.79 Å². The lowest BCUT2D eigenvalue weighted by atomic mass is 10.1. The normalized spacial score (nSPS) is 11.2. The third kappa shape index (κ3) is 30.5. The van der Waals surface area contributed by atoms with Crippen molar-refractivity contribution in [3.05, 3.63) is 72.9 Å². The maximum absolute atomic E-state index is 13.2. The van der Waals surface area contributed by atoms with Gasteiger partial charge in [-0.2, -0.15) is 0 Å². The summed E-state index contributed by atoms with van der Waals surface area (Å²) < 4.78 is 10.7. The standard InChI is InChI=1S/C41H68N2O5S.C2H4/c1-5-7-9-11-13-18-22-32-47-39(44)27-20-16-15-17-21-30-43(41(46)49-34-31-42(3)4)36-38-26-24-25-37(35-38)28-29-40(45)48-33-23-19-14-12-10-8-6-2;1-2/h18-19,22-26,35H,5-17,20-21,27-34,36H2,1-4H3;1-2H2/b22-18-,23-19-;. The number of unbranched alkanes of at least 4 members (excludes halogenated alkanes) is 12. The molecule has 290 valence electrons. The van der Waals surface area contributed by atoms with Crippen molar-refractivity contribution >= 4 is 28.9 Å². The van der Waals surface area contributed by atoms with Gasteiger partial charge in [0.1, 0.15) is 13.2 Å². The van der Waals surface area contributed by atoms with Crippen molar-refractivity contribution in [3.63, 3.8) is 0 Å². The molecule has 0 radical (unpaired) electrons. The molecule has 0 unspecified atom stereocenters. The van der Waals surface area contributed by atoms with E-state index in [4.69, 9.17) is 9.47 Å². The second kappa shape index (κ2) is 35.6. The number of carbonyl (C=O) groups is 3. The Hall–Kier alpha value is -2.84. The van der Waals surface area contributed by atoms with E-state index in [2.05, 4.69) is 56.2 Å². The monoisotopic (exact) mass is 729 g/mol. The van der Waals surface area contributed by atoms with E-state index in [0.29, 0.717) is 45.6 Å². The van der Waals surface area contributed by atoms with Crippen molar-refractivity contribution in [2.45, 2.75) is 136 Å². The highest BCUT2D eigenvalue weighted by Gasteiger charge is 2.15. The van der Waals surface area contributed by atoms with Crippen LogP contribution in [-0.4, -0.2) is 73.1 Å². The molecule has 7 nitrogen and oxygen atoms in total. The summed E-state index contributed by atoms with van der Waals surface area (Å²) in [5.74, 6) is 0.443. The van der Waals surface area contributed by atoms with E-state index >= 15 is 0 Å². The second-order valence-electron chi connectivity index (χ2n) is 13.2. The summed E-state index contributed by atoms with van der Waals surface area (Å²) in [6.45, 7) is 13.2. The van der Waals surface area contributed by atoms with Gasteiger partial charge < -0.3 is 19.3 Å². The number of nitrogens with zero attached hydrogens (tertiary/aromatic N) is 2. The first-order chi connectivity index (χ1) is 24.8. The number of thioether (sulfide) groups is 1. The van der Waals surface area contributed by atoms with Gasteiger partial charge in [-0.05, 0) is 70.2 Å². The largest absolute Gasteiger partial charge is 0.461 e. The zero-order chi connectivity index (χ0) is 37.8. The number of esters is 2. The molecule has 0 aliphatic rings. The van der Waals surface area contributed by atoms with Gasteiger partial charge >= 0.3 is 11.9 Å². The lowest BCUT2D eigenvalue weighted by Crippen LogP contribution is -2.29. The average molecular weight is 729 g/mol. The SMILES string of the molecule is C=C.CCCCCC/C=C\COC(=O)CCCCCCCN(Cc1cccc(CCC(=O)OC/C=C\CCCCCC)c1)C(=O)SCCN(C)C. The van der Waals surface area contributed by atoms with Gasteiger partial charge in [-0.15, -0.1) is 13.2 Å². The van der Waals surface area contributed by atoms with Crippen molar-refractivity contribution in [2.75, 3.05) is 46.2 Å². The van der Waals surface area contributed by atoms with Crippen LogP contribution in [-0.2, 0) is 32.0 Å². The molecule has 0 aromatic heterocycles. The minimum Gasteiger partial charge on any atom is -0.461 e. The Morgan fingerprint density at radius 2 is 1.24 bits per heavy atom. The van der Waals surface area contributed by atoms with E-state index in [9.17, 15) is 14.4 Å². The fraction of sp³-hybridized carbons (Fsp3) is 0.651. The number of ether oxygens (including phenoxy) is 2. The van der Waals surface area contributed by atoms with E-state index in [1.165, 1.54) is 63.1 Å². The molecule has 1 aromatic rings. The average Bonchev–Trinajstić information content (AvgIpc) is 3.12. The Balaban J connectivity index is 0.0000123. The molecule has 0 saturated carbocycles.